The Kier molecular flexibility index (Phi) is 7.35. The predicted octanol–water partition coefficient (Wildman–Crippen LogP) is 3.80. The molecule has 2 N–H and O–H groups in total. The molecule has 0 bridgehead atoms. The second kappa shape index (κ2) is 10.2. The van der Waals surface area contributed by atoms with Crippen molar-refractivity contribution in [1.29, 1.82) is 0 Å². The second-order valence-electron chi connectivity index (χ2n) is 6.70. The third-order valence-electron chi connectivity index (χ3n) is 4.30. The SMILES string of the molecule is CCn1c(CC(=O)Nc2ccc(C)cc2)nnc1SCC(=O)Nc1cc(F)ccc1F. The van der Waals surface area contributed by atoms with Crippen LogP contribution in [0.4, 0.5) is 20.2 Å². The Balaban J connectivity index is 1.59. The van der Waals surface area contributed by atoms with Crippen LogP contribution in [0.25, 0.3) is 0 Å². The van der Waals surface area contributed by atoms with Crippen molar-refractivity contribution < 1.29 is 18.4 Å². The average Bonchev–Trinajstić information content (AvgIpc) is 3.12. The van der Waals surface area contributed by atoms with Crippen molar-refractivity contribution in [3.05, 3.63) is 65.5 Å². The number of anilines is 2. The van der Waals surface area contributed by atoms with Gasteiger partial charge < -0.3 is 15.2 Å². The molecule has 0 aliphatic carbocycles. The Labute approximate surface area is 182 Å². The Morgan fingerprint density at radius 1 is 1.03 bits per heavy atom. The lowest BCUT2D eigenvalue weighted by atomic mass is 10.2. The summed E-state index contributed by atoms with van der Waals surface area (Å²) in [4.78, 5) is 24.5. The summed E-state index contributed by atoms with van der Waals surface area (Å²) in [6, 6.07) is 10.3. The average molecular weight is 445 g/mol. The monoisotopic (exact) mass is 445 g/mol. The summed E-state index contributed by atoms with van der Waals surface area (Å²) in [7, 11) is 0. The van der Waals surface area contributed by atoms with E-state index in [1.807, 2.05) is 38.1 Å². The van der Waals surface area contributed by atoms with E-state index >= 15 is 0 Å². The summed E-state index contributed by atoms with van der Waals surface area (Å²) in [6.45, 7) is 4.34. The van der Waals surface area contributed by atoms with Gasteiger partial charge in [0, 0.05) is 18.3 Å². The van der Waals surface area contributed by atoms with Crippen LogP contribution in [-0.2, 0) is 22.6 Å². The van der Waals surface area contributed by atoms with Gasteiger partial charge in [-0.3, -0.25) is 9.59 Å². The molecule has 0 saturated carbocycles. The first kappa shape index (κ1) is 22.4. The lowest BCUT2D eigenvalue weighted by Crippen LogP contribution is -2.18. The number of aryl methyl sites for hydroxylation is 1. The number of nitrogens with zero attached hydrogens (tertiary/aromatic N) is 3. The number of halogens is 2. The quantitative estimate of drug-likeness (QED) is 0.515. The van der Waals surface area contributed by atoms with Crippen molar-refractivity contribution in [2.24, 2.45) is 0 Å². The first-order chi connectivity index (χ1) is 14.9. The molecule has 162 valence electrons. The molecule has 0 spiro atoms. The molecule has 7 nitrogen and oxygen atoms in total. The van der Waals surface area contributed by atoms with Crippen molar-refractivity contribution >= 4 is 35.0 Å². The topological polar surface area (TPSA) is 88.9 Å². The lowest BCUT2D eigenvalue weighted by Gasteiger charge is -2.09. The summed E-state index contributed by atoms with van der Waals surface area (Å²) >= 11 is 1.09. The molecule has 2 amide bonds. The molecule has 0 radical (unpaired) electrons. The summed E-state index contributed by atoms with van der Waals surface area (Å²) < 4.78 is 28.6. The van der Waals surface area contributed by atoms with Crippen LogP contribution in [-0.4, -0.2) is 32.3 Å². The van der Waals surface area contributed by atoms with E-state index in [4.69, 9.17) is 0 Å². The van der Waals surface area contributed by atoms with Crippen molar-refractivity contribution in [3.63, 3.8) is 0 Å². The molecule has 3 rings (SSSR count). The van der Waals surface area contributed by atoms with E-state index in [0.29, 0.717) is 23.2 Å². The van der Waals surface area contributed by atoms with E-state index in [1.165, 1.54) is 0 Å². The highest BCUT2D eigenvalue weighted by atomic mass is 32.2. The molecular formula is C21H21F2N5O2S. The Morgan fingerprint density at radius 2 is 1.77 bits per heavy atom. The number of carbonyl (C=O) groups is 2. The summed E-state index contributed by atoms with van der Waals surface area (Å²) in [5, 5.41) is 13.7. The van der Waals surface area contributed by atoms with Gasteiger partial charge in [-0.25, -0.2) is 8.78 Å². The smallest absolute Gasteiger partial charge is 0.234 e. The van der Waals surface area contributed by atoms with Crippen LogP contribution in [0.15, 0.2) is 47.6 Å². The first-order valence-electron chi connectivity index (χ1n) is 9.52. The molecule has 0 saturated heterocycles. The Hall–Kier alpha value is -3.27. The molecule has 1 heterocycles. The molecule has 31 heavy (non-hydrogen) atoms. The molecule has 10 heteroatoms. The fraction of sp³-hybridized carbons (Fsp3) is 0.238. The van der Waals surface area contributed by atoms with Gasteiger partial charge in [0.15, 0.2) is 5.16 Å². The van der Waals surface area contributed by atoms with Crippen molar-refractivity contribution in [2.45, 2.75) is 32.0 Å². The molecule has 0 atom stereocenters. The number of hydrogen-bond acceptors (Lipinski definition) is 5. The maximum Gasteiger partial charge on any atom is 0.234 e. The minimum absolute atomic E-state index is 0.0238. The molecule has 0 unspecified atom stereocenters. The highest BCUT2D eigenvalue weighted by Crippen LogP contribution is 2.20. The van der Waals surface area contributed by atoms with E-state index in [1.54, 1.807) is 4.57 Å². The highest BCUT2D eigenvalue weighted by Gasteiger charge is 2.17. The maximum absolute atomic E-state index is 13.7. The molecule has 0 fully saturated rings. The van der Waals surface area contributed by atoms with Gasteiger partial charge in [0.1, 0.15) is 17.5 Å². The standard InChI is InChI=1S/C21H21F2N5O2S/c1-3-28-18(11-19(29)24-15-7-4-13(2)5-8-15)26-27-21(28)31-12-20(30)25-17-10-14(22)6-9-16(17)23/h4-10H,3,11-12H2,1-2H3,(H,24,29)(H,25,30). The summed E-state index contributed by atoms with van der Waals surface area (Å²) in [6.07, 6.45) is 0.0238. The molecule has 0 aliphatic heterocycles. The van der Waals surface area contributed by atoms with E-state index in [0.717, 1.165) is 35.5 Å². The Bertz CT molecular complexity index is 1090. The predicted molar refractivity (Wildman–Crippen MR) is 115 cm³/mol. The van der Waals surface area contributed by atoms with E-state index in [2.05, 4.69) is 20.8 Å². The number of hydrogen-bond donors (Lipinski definition) is 2. The van der Waals surface area contributed by atoms with Gasteiger partial charge in [0.25, 0.3) is 0 Å². The molecule has 2 aromatic carbocycles. The molecule has 0 aliphatic rings. The van der Waals surface area contributed by atoms with Gasteiger partial charge in [0.05, 0.1) is 17.9 Å². The van der Waals surface area contributed by atoms with E-state index < -0.39 is 17.5 Å². The number of rotatable bonds is 8. The van der Waals surface area contributed by atoms with Crippen LogP contribution in [0.2, 0.25) is 0 Å². The van der Waals surface area contributed by atoms with Gasteiger partial charge >= 0.3 is 0 Å². The highest BCUT2D eigenvalue weighted by molar-refractivity contribution is 7.99. The van der Waals surface area contributed by atoms with Crippen LogP contribution in [0.3, 0.4) is 0 Å². The number of aromatic nitrogens is 3. The molecular weight excluding hydrogens is 424 g/mol. The number of carbonyl (C=O) groups excluding carboxylic acids is 2. The van der Waals surface area contributed by atoms with Crippen LogP contribution >= 0.6 is 11.8 Å². The van der Waals surface area contributed by atoms with Crippen LogP contribution < -0.4 is 10.6 Å². The Morgan fingerprint density at radius 3 is 2.48 bits per heavy atom. The maximum atomic E-state index is 13.7. The fourth-order valence-electron chi connectivity index (χ4n) is 2.77. The van der Waals surface area contributed by atoms with Crippen LogP contribution in [0.5, 0.6) is 0 Å². The van der Waals surface area contributed by atoms with Gasteiger partial charge in [-0.15, -0.1) is 10.2 Å². The van der Waals surface area contributed by atoms with Gasteiger partial charge in [0.2, 0.25) is 11.8 Å². The first-order valence-corrected chi connectivity index (χ1v) is 10.5. The van der Waals surface area contributed by atoms with Crippen molar-refractivity contribution in [2.75, 3.05) is 16.4 Å². The molecule has 1 aromatic heterocycles. The minimum atomic E-state index is -0.724. The van der Waals surface area contributed by atoms with E-state index in [-0.39, 0.29) is 23.8 Å². The minimum Gasteiger partial charge on any atom is -0.326 e. The van der Waals surface area contributed by atoms with Crippen molar-refractivity contribution in [3.8, 4) is 0 Å². The second-order valence-corrected chi connectivity index (χ2v) is 7.64. The third-order valence-corrected chi connectivity index (χ3v) is 5.27. The summed E-state index contributed by atoms with van der Waals surface area (Å²) in [5.74, 6) is -1.74. The summed E-state index contributed by atoms with van der Waals surface area (Å²) in [5.41, 5.74) is 1.56. The lowest BCUT2D eigenvalue weighted by molar-refractivity contribution is -0.116. The molecule has 3 aromatic rings. The zero-order chi connectivity index (χ0) is 22.4. The van der Waals surface area contributed by atoms with Gasteiger partial charge in [-0.1, -0.05) is 29.5 Å². The third kappa shape index (κ3) is 6.11. The van der Waals surface area contributed by atoms with Crippen molar-refractivity contribution in [1.82, 2.24) is 14.8 Å². The van der Waals surface area contributed by atoms with Gasteiger partial charge in [-0.2, -0.15) is 0 Å². The fourth-order valence-corrected chi connectivity index (χ4v) is 3.59. The number of amides is 2. The van der Waals surface area contributed by atoms with Gasteiger partial charge in [-0.05, 0) is 38.1 Å². The number of thioether (sulfide) groups is 1. The normalized spacial score (nSPS) is 10.7. The van der Waals surface area contributed by atoms with E-state index in [9.17, 15) is 18.4 Å². The number of nitrogens with one attached hydrogen (secondary N) is 2. The van der Waals surface area contributed by atoms with Crippen LogP contribution in [0.1, 0.15) is 18.3 Å². The zero-order valence-corrected chi connectivity index (χ0v) is 17.8. The number of benzene rings is 2. The van der Waals surface area contributed by atoms with Crippen LogP contribution in [0, 0.1) is 18.6 Å². The largest absolute Gasteiger partial charge is 0.326 e. The zero-order valence-electron chi connectivity index (χ0n) is 17.0.